The first-order valence-corrected chi connectivity index (χ1v) is 6.77. The molecule has 0 radical (unpaired) electrons. The maximum absolute atomic E-state index is 10.8. The molecule has 0 unspecified atom stereocenters. The fourth-order valence-electron chi connectivity index (χ4n) is 2.74. The smallest absolute Gasteiger partial charge is 0.273 e. The molecule has 3 N–H and O–H groups in total. The quantitative estimate of drug-likeness (QED) is 0.494. The van der Waals surface area contributed by atoms with Gasteiger partial charge in [-0.3, -0.25) is 10.1 Å². The molecular formula is C14H21N3O2. The third-order valence-electron chi connectivity index (χ3n) is 3.93. The molecule has 1 fully saturated rings. The second-order valence-corrected chi connectivity index (χ2v) is 5.80. The molecule has 0 heterocycles. The second-order valence-electron chi connectivity index (χ2n) is 5.80. The van der Waals surface area contributed by atoms with Crippen molar-refractivity contribution in [1.82, 2.24) is 0 Å². The third kappa shape index (κ3) is 3.59. The summed E-state index contributed by atoms with van der Waals surface area (Å²) < 4.78 is 0. The molecule has 104 valence electrons. The van der Waals surface area contributed by atoms with Crippen molar-refractivity contribution >= 4 is 17.1 Å². The largest absolute Gasteiger partial charge is 0.398 e. The molecule has 1 aromatic carbocycles. The lowest BCUT2D eigenvalue weighted by molar-refractivity contribution is -0.384. The summed E-state index contributed by atoms with van der Waals surface area (Å²) in [5, 5.41) is 14.1. The van der Waals surface area contributed by atoms with Gasteiger partial charge >= 0.3 is 0 Å². The fraction of sp³-hybridized carbons (Fsp3) is 0.571. The number of nitrogens with zero attached hydrogens (tertiary/aromatic N) is 1. The van der Waals surface area contributed by atoms with E-state index in [1.807, 2.05) is 0 Å². The van der Waals surface area contributed by atoms with Crippen LogP contribution in [-0.2, 0) is 0 Å². The van der Waals surface area contributed by atoms with Gasteiger partial charge in [-0.25, -0.2) is 0 Å². The summed E-state index contributed by atoms with van der Waals surface area (Å²) in [4.78, 5) is 10.4. The molecule has 2 rings (SSSR count). The van der Waals surface area contributed by atoms with Gasteiger partial charge in [0.1, 0.15) is 0 Å². The van der Waals surface area contributed by atoms with Gasteiger partial charge < -0.3 is 11.1 Å². The Balaban J connectivity index is 2.04. The molecule has 0 aromatic heterocycles. The first-order chi connectivity index (χ1) is 8.98. The van der Waals surface area contributed by atoms with E-state index in [1.165, 1.54) is 38.2 Å². The second kappa shape index (κ2) is 5.47. The van der Waals surface area contributed by atoms with Crippen molar-refractivity contribution in [3.8, 4) is 0 Å². The molecular weight excluding hydrogens is 242 g/mol. The van der Waals surface area contributed by atoms with Crippen molar-refractivity contribution in [3.63, 3.8) is 0 Å². The average molecular weight is 263 g/mol. The maximum Gasteiger partial charge on any atom is 0.273 e. The molecule has 1 aliphatic rings. The normalized spacial score (nSPS) is 17.9. The zero-order chi connectivity index (χ0) is 13.9. The Morgan fingerprint density at radius 1 is 1.32 bits per heavy atom. The number of nitrogens with two attached hydrogens (primary N) is 1. The maximum atomic E-state index is 10.8. The SMILES string of the molecule is CC1(CNc2cc(N)cc([N+](=O)[O-])c2)CCCCC1. The Labute approximate surface area is 113 Å². The molecule has 19 heavy (non-hydrogen) atoms. The Bertz CT molecular complexity index is 468. The molecule has 1 aliphatic carbocycles. The van der Waals surface area contributed by atoms with Crippen molar-refractivity contribution in [2.75, 3.05) is 17.6 Å². The van der Waals surface area contributed by atoms with Crippen molar-refractivity contribution in [2.45, 2.75) is 39.0 Å². The van der Waals surface area contributed by atoms with Crippen molar-refractivity contribution < 1.29 is 4.92 Å². The number of hydrogen-bond acceptors (Lipinski definition) is 4. The van der Waals surface area contributed by atoms with E-state index >= 15 is 0 Å². The standard InChI is InChI=1S/C14H21N3O2/c1-14(5-3-2-4-6-14)10-16-12-7-11(15)8-13(9-12)17(18)19/h7-9,16H,2-6,10,15H2,1H3. The van der Waals surface area contributed by atoms with E-state index in [9.17, 15) is 10.1 Å². The van der Waals surface area contributed by atoms with E-state index in [0.29, 0.717) is 5.69 Å². The molecule has 0 spiro atoms. The Morgan fingerprint density at radius 3 is 2.63 bits per heavy atom. The molecule has 1 aromatic rings. The molecule has 0 atom stereocenters. The Kier molecular flexibility index (Phi) is 3.93. The minimum absolute atomic E-state index is 0.0382. The highest BCUT2D eigenvalue weighted by molar-refractivity contribution is 5.61. The molecule has 0 bridgehead atoms. The summed E-state index contributed by atoms with van der Waals surface area (Å²) >= 11 is 0. The number of nitro groups is 1. The van der Waals surface area contributed by atoms with Gasteiger partial charge in [0, 0.05) is 30.1 Å². The molecule has 0 aliphatic heterocycles. The molecule has 0 saturated heterocycles. The summed E-state index contributed by atoms with van der Waals surface area (Å²) in [6, 6.07) is 4.68. The minimum atomic E-state index is -0.413. The minimum Gasteiger partial charge on any atom is -0.398 e. The van der Waals surface area contributed by atoms with Crippen LogP contribution in [0, 0.1) is 15.5 Å². The van der Waals surface area contributed by atoms with Crippen LogP contribution in [0.5, 0.6) is 0 Å². The molecule has 0 amide bonds. The highest BCUT2D eigenvalue weighted by Gasteiger charge is 2.26. The highest BCUT2D eigenvalue weighted by Crippen LogP contribution is 2.36. The van der Waals surface area contributed by atoms with Crippen molar-refractivity contribution in [2.24, 2.45) is 5.41 Å². The summed E-state index contributed by atoms with van der Waals surface area (Å²) in [6.07, 6.45) is 6.29. The first-order valence-electron chi connectivity index (χ1n) is 6.77. The van der Waals surface area contributed by atoms with E-state index in [1.54, 1.807) is 12.1 Å². The lowest BCUT2D eigenvalue weighted by Crippen LogP contribution is -2.28. The topological polar surface area (TPSA) is 81.2 Å². The Hall–Kier alpha value is -1.78. The number of non-ortho nitro benzene ring substituents is 1. The summed E-state index contributed by atoms with van der Waals surface area (Å²) in [7, 11) is 0. The fourth-order valence-corrected chi connectivity index (χ4v) is 2.74. The van der Waals surface area contributed by atoms with Crippen LogP contribution in [0.1, 0.15) is 39.0 Å². The number of benzene rings is 1. The van der Waals surface area contributed by atoms with Gasteiger partial charge in [0.05, 0.1) is 4.92 Å². The lowest BCUT2D eigenvalue weighted by atomic mass is 9.76. The van der Waals surface area contributed by atoms with Crippen LogP contribution in [0.25, 0.3) is 0 Å². The zero-order valence-electron chi connectivity index (χ0n) is 11.3. The van der Waals surface area contributed by atoms with E-state index in [-0.39, 0.29) is 11.1 Å². The van der Waals surface area contributed by atoms with Gasteiger partial charge in [0.15, 0.2) is 0 Å². The number of nitro benzene ring substituents is 1. The van der Waals surface area contributed by atoms with Crippen LogP contribution in [0.15, 0.2) is 18.2 Å². The lowest BCUT2D eigenvalue weighted by Gasteiger charge is -2.34. The van der Waals surface area contributed by atoms with Crippen molar-refractivity contribution in [3.05, 3.63) is 28.3 Å². The zero-order valence-corrected chi connectivity index (χ0v) is 11.3. The Morgan fingerprint density at radius 2 is 2.00 bits per heavy atom. The van der Waals surface area contributed by atoms with E-state index in [0.717, 1.165) is 12.2 Å². The van der Waals surface area contributed by atoms with E-state index in [4.69, 9.17) is 5.73 Å². The van der Waals surface area contributed by atoms with Crippen LogP contribution in [-0.4, -0.2) is 11.5 Å². The van der Waals surface area contributed by atoms with Gasteiger partial charge in [0.25, 0.3) is 5.69 Å². The van der Waals surface area contributed by atoms with Gasteiger partial charge in [-0.15, -0.1) is 0 Å². The molecule has 5 nitrogen and oxygen atoms in total. The monoisotopic (exact) mass is 263 g/mol. The van der Waals surface area contributed by atoms with Crippen LogP contribution >= 0.6 is 0 Å². The summed E-state index contributed by atoms with van der Waals surface area (Å²) in [5.74, 6) is 0. The number of nitrogens with one attached hydrogen (secondary N) is 1. The predicted octanol–water partition coefficient (Wildman–Crippen LogP) is 3.56. The van der Waals surface area contributed by atoms with Crippen molar-refractivity contribution in [1.29, 1.82) is 0 Å². The predicted molar refractivity (Wildman–Crippen MR) is 77.2 cm³/mol. The average Bonchev–Trinajstić information content (AvgIpc) is 2.37. The van der Waals surface area contributed by atoms with Crippen LogP contribution < -0.4 is 11.1 Å². The van der Waals surface area contributed by atoms with Crippen LogP contribution in [0.4, 0.5) is 17.1 Å². The van der Waals surface area contributed by atoms with Gasteiger partial charge in [0.2, 0.25) is 0 Å². The summed E-state index contributed by atoms with van der Waals surface area (Å²) in [5.41, 5.74) is 7.18. The summed E-state index contributed by atoms with van der Waals surface area (Å²) in [6.45, 7) is 3.12. The number of anilines is 2. The number of rotatable bonds is 4. The van der Waals surface area contributed by atoms with E-state index < -0.39 is 4.92 Å². The van der Waals surface area contributed by atoms with Gasteiger partial charge in [-0.2, -0.15) is 0 Å². The van der Waals surface area contributed by atoms with Crippen LogP contribution in [0.3, 0.4) is 0 Å². The third-order valence-corrected chi connectivity index (χ3v) is 3.93. The molecule has 1 saturated carbocycles. The molecule has 5 heteroatoms. The van der Waals surface area contributed by atoms with Crippen LogP contribution in [0.2, 0.25) is 0 Å². The number of hydrogen-bond donors (Lipinski definition) is 2. The first kappa shape index (κ1) is 13.6. The number of nitrogen functional groups attached to an aromatic ring is 1. The highest BCUT2D eigenvalue weighted by atomic mass is 16.6. The van der Waals surface area contributed by atoms with Gasteiger partial charge in [-0.05, 0) is 24.3 Å². The van der Waals surface area contributed by atoms with E-state index in [2.05, 4.69) is 12.2 Å². The van der Waals surface area contributed by atoms with Gasteiger partial charge in [-0.1, -0.05) is 26.2 Å².